The second kappa shape index (κ2) is 6.64. The Balaban J connectivity index is 1.57. The van der Waals surface area contributed by atoms with Crippen molar-refractivity contribution in [3.8, 4) is 5.69 Å². The standard InChI is InChI=1S/C20H26N4O/c1-15(17-8-2-3-9-18(17)24-12-6-11-22-24)23-19(25)20-10-5-4-7-16(20)13-21-14-20/h2-3,6,8-9,11-12,15-16,21H,4-5,7,10,13-14H2,1H3,(H,23,25)/t15?,16-,20+/m0/s1. The summed E-state index contributed by atoms with van der Waals surface area (Å²) in [6, 6.07) is 10.0. The van der Waals surface area contributed by atoms with Crippen molar-refractivity contribution in [2.45, 2.75) is 38.6 Å². The lowest BCUT2D eigenvalue weighted by atomic mass is 9.67. The van der Waals surface area contributed by atoms with Crippen molar-refractivity contribution in [2.24, 2.45) is 11.3 Å². The number of hydrogen-bond donors (Lipinski definition) is 2. The van der Waals surface area contributed by atoms with Gasteiger partial charge in [-0.3, -0.25) is 4.79 Å². The van der Waals surface area contributed by atoms with E-state index in [2.05, 4.69) is 28.7 Å². The van der Waals surface area contributed by atoms with Crippen molar-refractivity contribution in [1.82, 2.24) is 20.4 Å². The maximum atomic E-state index is 13.2. The average Bonchev–Trinajstić information content (AvgIpc) is 3.31. The number of carbonyl (C=O) groups is 1. The van der Waals surface area contributed by atoms with E-state index in [0.717, 1.165) is 37.2 Å². The highest BCUT2D eigenvalue weighted by Gasteiger charge is 2.50. The van der Waals surface area contributed by atoms with Crippen LogP contribution in [0.3, 0.4) is 0 Å². The zero-order valence-corrected chi connectivity index (χ0v) is 14.7. The molecule has 0 spiro atoms. The summed E-state index contributed by atoms with van der Waals surface area (Å²) in [6.07, 6.45) is 8.28. The first-order valence-corrected chi connectivity index (χ1v) is 9.31. The second-order valence-corrected chi connectivity index (χ2v) is 7.43. The van der Waals surface area contributed by atoms with Crippen molar-refractivity contribution in [3.05, 3.63) is 48.3 Å². The number of para-hydroxylation sites is 1. The zero-order valence-electron chi connectivity index (χ0n) is 14.7. The SMILES string of the molecule is CC(NC(=O)[C@@]12CCCC[C@H]1CNC2)c1ccccc1-n1cccn1. The van der Waals surface area contributed by atoms with E-state index < -0.39 is 0 Å². The molecular formula is C20H26N4O. The largest absolute Gasteiger partial charge is 0.349 e. The highest BCUT2D eigenvalue weighted by molar-refractivity contribution is 5.84. The van der Waals surface area contributed by atoms with E-state index in [4.69, 9.17) is 0 Å². The van der Waals surface area contributed by atoms with E-state index in [-0.39, 0.29) is 17.4 Å². The van der Waals surface area contributed by atoms with E-state index >= 15 is 0 Å². The molecule has 1 saturated carbocycles. The number of aromatic nitrogens is 2. The highest BCUT2D eigenvalue weighted by Crippen LogP contribution is 2.44. The van der Waals surface area contributed by atoms with Crippen LogP contribution in [0.25, 0.3) is 5.69 Å². The molecule has 1 aromatic heterocycles. The molecule has 5 nitrogen and oxygen atoms in total. The van der Waals surface area contributed by atoms with Crippen molar-refractivity contribution in [2.75, 3.05) is 13.1 Å². The first-order chi connectivity index (χ1) is 12.2. The summed E-state index contributed by atoms with van der Waals surface area (Å²) in [5.74, 6) is 0.694. The van der Waals surface area contributed by atoms with Crippen LogP contribution in [0.5, 0.6) is 0 Å². The van der Waals surface area contributed by atoms with Gasteiger partial charge in [-0.05, 0) is 49.9 Å². The van der Waals surface area contributed by atoms with Crippen LogP contribution < -0.4 is 10.6 Å². The maximum Gasteiger partial charge on any atom is 0.228 e. The molecule has 1 aromatic carbocycles. The number of benzene rings is 1. The van der Waals surface area contributed by atoms with Crippen LogP contribution in [0.2, 0.25) is 0 Å². The molecule has 2 N–H and O–H groups in total. The minimum Gasteiger partial charge on any atom is -0.349 e. The van der Waals surface area contributed by atoms with E-state index in [0.29, 0.717) is 5.92 Å². The summed E-state index contributed by atoms with van der Waals surface area (Å²) in [6.45, 7) is 3.86. The van der Waals surface area contributed by atoms with Crippen LogP contribution in [0.4, 0.5) is 0 Å². The van der Waals surface area contributed by atoms with Gasteiger partial charge < -0.3 is 10.6 Å². The van der Waals surface area contributed by atoms with E-state index in [1.807, 2.05) is 35.1 Å². The third-order valence-corrected chi connectivity index (χ3v) is 5.99. The van der Waals surface area contributed by atoms with Gasteiger partial charge in [0.1, 0.15) is 0 Å². The minimum absolute atomic E-state index is 0.0505. The third-order valence-electron chi connectivity index (χ3n) is 5.99. The van der Waals surface area contributed by atoms with E-state index in [1.165, 1.54) is 12.8 Å². The van der Waals surface area contributed by atoms with E-state index in [1.54, 1.807) is 6.20 Å². The number of amides is 1. The predicted octanol–water partition coefficient (Wildman–Crippen LogP) is 2.83. The average molecular weight is 338 g/mol. The second-order valence-electron chi connectivity index (χ2n) is 7.43. The van der Waals surface area contributed by atoms with Crippen LogP contribution in [0.15, 0.2) is 42.7 Å². The van der Waals surface area contributed by atoms with Gasteiger partial charge in [-0.25, -0.2) is 4.68 Å². The first kappa shape index (κ1) is 16.3. The minimum atomic E-state index is -0.215. The van der Waals surface area contributed by atoms with Crippen molar-refractivity contribution in [1.29, 1.82) is 0 Å². The summed E-state index contributed by atoms with van der Waals surface area (Å²) < 4.78 is 1.86. The molecule has 1 aliphatic carbocycles. The number of hydrogen-bond acceptors (Lipinski definition) is 3. The van der Waals surface area contributed by atoms with Gasteiger partial charge in [-0.15, -0.1) is 0 Å². The molecule has 25 heavy (non-hydrogen) atoms. The van der Waals surface area contributed by atoms with Crippen LogP contribution in [-0.4, -0.2) is 28.8 Å². The fraction of sp³-hybridized carbons (Fsp3) is 0.500. The van der Waals surface area contributed by atoms with Gasteiger partial charge in [0.2, 0.25) is 5.91 Å². The van der Waals surface area contributed by atoms with Crippen LogP contribution >= 0.6 is 0 Å². The molecule has 5 heteroatoms. The fourth-order valence-electron chi connectivity index (χ4n) is 4.58. The molecule has 2 aromatic rings. The molecule has 132 valence electrons. The highest BCUT2D eigenvalue weighted by atomic mass is 16.2. The van der Waals surface area contributed by atoms with Gasteiger partial charge in [0.15, 0.2) is 0 Å². The van der Waals surface area contributed by atoms with Crippen molar-refractivity contribution in [3.63, 3.8) is 0 Å². The molecule has 1 saturated heterocycles. The Bertz CT molecular complexity index is 742. The zero-order chi connectivity index (χ0) is 17.3. The fourth-order valence-corrected chi connectivity index (χ4v) is 4.58. The lowest BCUT2D eigenvalue weighted by Gasteiger charge is -2.38. The summed E-state index contributed by atoms with van der Waals surface area (Å²) in [7, 11) is 0. The molecule has 3 atom stereocenters. The number of carbonyl (C=O) groups excluding carboxylic acids is 1. The van der Waals surface area contributed by atoms with Gasteiger partial charge >= 0.3 is 0 Å². The molecule has 0 bridgehead atoms. The quantitative estimate of drug-likeness (QED) is 0.901. The normalized spacial score (nSPS) is 26.8. The Morgan fingerprint density at radius 1 is 1.36 bits per heavy atom. The van der Waals surface area contributed by atoms with Crippen LogP contribution in [0, 0.1) is 11.3 Å². The smallest absolute Gasteiger partial charge is 0.228 e. The third kappa shape index (κ3) is 2.86. The molecule has 2 heterocycles. The Kier molecular flexibility index (Phi) is 4.34. The maximum absolute atomic E-state index is 13.2. The number of nitrogens with zero attached hydrogens (tertiary/aromatic N) is 2. The monoisotopic (exact) mass is 338 g/mol. The van der Waals surface area contributed by atoms with Crippen LogP contribution in [-0.2, 0) is 4.79 Å². The lowest BCUT2D eigenvalue weighted by molar-refractivity contribution is -0.134. The van der Waals surface area contributed by atoms with Gasteiger partial charge in [0.25, 0.3) is 0 Å². The molecule has 1 amide bonds. The predicted molar refractivity (Wildman–Crippen MR) is 97.4 cm³/mol. The summed E-state index contributed by atoms with van der Waals surface area (Å²) >= 11 is 0. The molecule has 4 rings (SSSR count). The summed E-state index contributed by atoms with van der Waals surface area (Å²) in [4.78, 5) is 13.2. The van der Waals surface area contributed by atoms with Crippen molar-refractivity contribution >= 4 is 5.91 Å². The Morgan fingerprint density at radius 3 is 3.08 bits per heavy atom. The summed E-state index contributed by atoms with van der Waals surface area (Å²) in [5.41, 5.74) is 1.89. The van der Waals surface area contributed by atoms with Gasteiger partial charge in [-0.2, -0.15) is 5.10 Å². The number of nitrogens with one attached hydrogen (secondary N) is 2. The molecular weight excluding hydrogens is 312 g/mol. The Labute approximate surface area is 148 Å². The summed E-state index contributed by atoms with van der Waals surface area (Å²) in [5, 5.41) is 11.1. The lowest BCUT2D eigenvalue weighted by Crippen LogP contribution is -2.48. The molecule has 2 aliphatic rings. The molecule has 1 unspecified atom stereocenters. The molecule has 0 radical (unpaired) electrons. The number of fused-ring (bicyclic) bond motifs is 1. The van der Waals surface area contributed by atoms with Crippen LogP contribution in [0.1, 0.15) is 44.2 Å². The molecule has 2 fully saturated rings. The van der Waals surface area contributed by atoms with Gasteiger partial charge in [0, 0.05) is 18.9 Å². The first-order valence-electron chi connectivity index (χ1n) is 9.31. The van der Waals surface area contributed by atoms with Crippen molar-refractivity contribution < 1.29 is 4.79 Å². The van der Waals surface area contributed by atoms with E-state index in [9.17, 15) is 4.79 Å². The Hall–Kier alpha value is -2.14. The molecule has 1 aliphatic heterocycles. The van der Waals surface area contributed by atoms with Gasteiger partial charge in [-0.1, -0.05) is 31.0 Å². The Morgan fingerprint density at radius 2 is 2.24 bits per heavy atom. The topological polar surface area (TPSA) is 59.0 Å². The number of rotatable bonds is 4. The van der Waals surface area contributed by atoms with Gasteiger partial charge in [0.05, 0.1) is 17.1 Å².